The number of aromatic carboxylic acids is 1. The number of carboxylic acids is 1. The van der Waals surface area contributed by atoms with Crippen LogP contribution in [0.5, 0.6) is 0 Å². The molecule has 158 valence electrons. The minimum atomic E-state index is -0.979. The van der Waals surface area contributed by atoms with Crippen molar-refractivity contribution in [3.8, 4) is 11.3 Å². The lowest BCUT2D eigenvalue weighted by molar-refractivity contribution is -0.125. The number of nitrogens with zero attached hydrogens (tertiary/aromatic N) is 3. The highest BCUT2D eigenvalue weighted by Crippen LogP contribution is 2.37. The summed E-state index contributed by atoms with van der Waals surface area (Å²) in [5.74, 6) is -1.42. The fraction of sp³-hybridized carbons (Fsp3) is 0.261. The van der Waals surface area contributed by atoms with Crippen molar-refractivity contribution in [1.29, 1.82) is 0 Å². The number of amides is 1. The summed E-state index contributed by atoms with van der Waals surface area (Å²) < 4.78 is 17.8. The monoisotopic (exact) mass is 437 g/mol. The van der Waals surface area contributed by atoms with Crippen LogP contribution in [0.15, 0.2) is 36.5 Å². The van der Waals surface area contributed by atoms with E-state index in [1.807, 2.05) is 25.2 Å². The predicted molar refractivity (Wildman–Crippen MR) is 118 cm³/mol. The summed E-state index contributed by atoms with van der Waals surface area (Å²) in [5.41, 5.74) is 2.98. The van der Waals surface area contributed by atoms with Crippen molar-refractivity contribution in [1.82, 2.24) is 9.38 Å². The summed E-state index contributed by atoms with van der Waals surface area (Å²) in [4.78, 5) is 30.8. The molecule has 0 atom stereocenters. The number of anilines is 1. The second-order valence-corrected chi connectivity index (χ2v) is 9.80. The molecule has 3 heterocycles. The summed E-state index contributed by atoms with van der Waals surface area (Å²) >= 11 is 1.36. The fourth-order valence-electron chi connectivity index (χ4n) is 3.99. The van der Waals surface area contributed by atoms with Gasteiger partial charge in [0.15, 0.2) is 4.96 Å². The number of hydrogen-bond donors (Lipinski definition) is 1. The third kappa shape index (κ3) is 3.09. The van der Waals surface area contributed by atoms with E-state index in [9.17, 15) is 14.7 Å². The Morgan fingerprint density at radius 3 is 2.68 bits per heavy atom. The minimum absolute atomic E-state index is 0.0203. The average molecular weight is 437 g/mol. The van der Waals surface area contributed by atoms with Gasteiger partial charge in [0.2, 0.25) is 5.91 Å². The molecular weight excluding hydrogens is 417 g/mol. The molecule has 8 heteroatoms. The molecule has 0 aliphatic carbocycles. The normalized spacial score (nSPS) is 13.9. The molecule has 2 aromatic heterocycles. The second-order valence-electron chi connectivity index (χ2n) is 8.79. The molecule has 0 bridgehead atoms. The Hall–Kier alpha value is -3.26. The van der Waals surface area contributed by atoms with Crippen molar-refractivity contribution in [3.05, 3.63) is 53.5 Å². The van der Waals surface area contributed by atoms with Crippen LogP contribution in [0, 0.1) is 11.2 Å². The Labute approximate surface area is 181 Å². The maximum absolute atomic E-state index is 15.1. The zero-order valence-electron chi connectivity index (χ0n) is 17.3. The highest BCUT2D eigenvalue weighted by atomic mass is 32.1. The van der Waals surface area contributed by atoms with Gasteiger partial charge in [-0.05, 0) is 42.3 Å². The van der Waals surface area contributed by atoms with Crippen LogP contribution in [-0.2, 0) is 11.2 Å². The van der Waals surface area contributed by atoms with Crippen molar-refractivity contribution in [2.75, 3.05) is 11.4 Å². The van der Waals surface area contributed by atoms with E-state index in [0.717, 1.165) is 15.8 Å². The van der Waals surface area contributed by atoms with Gasteiger partial charge in [0.05, 0.1) is 21.5 Å². The number of rotatable bonds is 2. The van der Waals surface area contributed by atoms with Crippen LogP contribution in [-0.4, -0.2) is 32.9 Å². The average Bonchev–Trinajstić information content (AvgIpc) is 3.37. The number of hydrogen-bond acceptors (Lipinski definition) is 4. The lowest BCUT2D eigenvalue weighted by Crippen LogP contribution is -2.38. The molecule has 1 amide bonds. The molecule has 0 spiro atoms. The van der Waals surface area contributed by atoms with E-state index < -0.39 is 17.2 Å². The topological polar surface area (TPSA) is 74.9 Å². The van der Waals surface area contributed by atoms with Gasteiger partial charge in [-0.25, -0.2) is 14.2 Å². The lowest BCUT2D eigenvalue weighted by Gasteiger charge is -2.26. The number of carboxylic acid groups (broad SMARTS) is 1. The van der Waals surface area contributed by atoms with Gasteiger partial charge in [-0.2, -0.15) is 0 Å². The molecule has 0 saturated heterocycles. The Bertz CT molecular complexity index is 1400. The molecule has 1 N–H and O–H groups in total. The van der Waals surface area contributed by atoms with Gasteiger partial charge in [-0.1, -0.05) is 32.1 Å². The molecule has 31 heavy (non-hydrogen) atoms. The van der Waals surface area contributed by atoms with E-state index in [2.05, 4.69) is 4.98 Å². The van der Waals surface area contributed by atoms with Crippen LogP contribution in [0.4, 0.5) is 10.1 Å². The van der Waals surface area contributed by atoms with Gasteiger partial charge in [-0.3, -0.25) is 9.20 Å². The number of fused-ring (bicyclic) bond motifs is 4. The van der Waals surface area contributed by atoms with E-state index in [1.54, 1.807) is 35.4 Å². The Kier molecular flexibility index (Phi) is 4.20. The van der Waals surface area contributed by atoms with Crippen molar-refractivity contribution < 1.29 is 19.1 Å². The van der Waals surface area contributed by atoms with E-state index in [-0.39, 0.29) is 11.5 Å². The molecule has 1 aliphatic rings. The minimum Gasteiger partial charge on any atom is -0.478 e. The van der Waals surface area contributed by atoms with Crippen molar-refractivity contribution in [2.24, 2.45) is 5.41 Å². The number of aromatic nitrogens is 2. The molecule has 2 aromatic carbocycles. The van der Waals surface area contributed by atoms with Crippen molar-refractivity contribution in [2.45, 2.75) is 27.2 Å². The second kappa shape index (κ2) is 6.62. The molecular formula is C23H20FN3O3S. The van der Waals surface area contributed by atoms with Gasteiger partial charge >= 0.3 is 5.97 Å². The first kappa shape index (κ1) is 19.7. The summed E-state index contributed by atoms with van der Waals surface area (Å²) in [6.45, 7) is 6.13. The molecule has 1 aliphatic heterocycles. The summed E-state index contributed by atoms with van der Waals surface area (Å²) in [6, 6.07) is 8.13. The number of halogens is 1. The number of carbonyl (C=O) groups is 2. The predicted octanol–water partition coefficient (Wildman–Crippen LogP) is 4.99. The van der Waals surface area contributed by atoms with E-state index in [4.69, 9.17) is 0 Å². The molecule has 0 unspecified atom stereocenters. The van der Waals surface area contributed by atoms with Crippen LogP contribution >= 0.6 is 11.3 Å². The molecule has 0 radical (unpaired) electrons. The largest absolute Gasteiger partial charge is 0.478 e. The smallest absolute Gasteiger partial charge is 0.335 e. The van der Waals surface area contributed by atoms with E-state index in [0.29, 0.717) is 34.9 Å². The first-order valence-corrected chi connectivity index (χ1v) is 10.7. The SMILES string of the molecule is CC(C)(C)C(=O)N1CCc2cc(-c3cn4c(n3)sc3cc(C(=O)O)ccc34)c(F)cc21. The number of benzene rings is 2. The highest BCUT2D eigenvalue weighted by molar-refractivity contribution is 7.23. The quantitative estimate of drug-likeness (QED) is 0.480. The molecule has 0 saturated carbocycles. The zero-order chi connectivity index (χ0) is 22.1. The molecule has 6 nitrogen and oxygen atoms in total. The van der Waals surface area contributed by atoms with Gasteiger partial charge in [0, 0.05) is 29.4 Å². The van der Waals surface area contributed by atoms with E-state index in [1.165, 1.54) is 17.4 Å². The third-order valence-electron chi connectivity index (χ3n) is 5.57. The van der Waals surface area contributed by atoms with Gasteiger partial charge in [-0.15, -0.1) is 0 Å². The fourth-order valence-corrected chi connectivity index (χ4v) is 5.03. The molecule has 5 rings (SSSR count). The molecule has 4 aromatic rings. The summed E-state index contributed by atoms with van der Waals surface area (Å²) in [5, 5.41) is 9.18. The first-order valence-electron chi connectivity index (χ1n) is 9.93. The maximum Gasteiger partial charge on any atom is 0.335 e. The van der Waals surface area contributed by atoms with Gasteiger partial charge in [0.1, 0.15) is 5.82 Å². The third-order valence-corrected chi connectivity index (χ3v) is 6.59. The van der Waals surface area contributed by atoms with Crippen LogP contribution in [0.2, 0.25) is 0 Å². The summed E-state index contributed by atoms with van der Waals surface area (Å²) in [6.07, 6.45) is 2.44. The van der Waals surface area contributed by atoms with E-state index >= 15 is 4.39 Å². The first-order chi connectivity index (χ1) is 14.6. The lowest BCUT2D eigenvalue weighted by atomic mass is 9.94. The van der Waals surface area contributed by atoms with Gasteiger partial charge in [0.25, 0.3) is 0 Å². The number of thiazole rings is 1. The number of imidazole rings is 1. The maximum atomic E-state index is 15.1. The van der Waals surface area contributed by atoms with Crippen LogP contribution in [0.1, 0.15) is 36.7 Å². The van der Waals surface area contributed by atoms with Gasteiger partial charge < -0.3 is 10.0 Å². The zero-order valence-corrected chi connectivity index (χ0v) is 18.1. The molecule has 0 fully saturated rings. The Balaban J connectivity index is 1.56. The van der Waals surface area contributed by atoms with Crippen LogP contribution < -0.4 is 4.90 Å². The highest BCUT2D eigenvalue weighted by Gasteiger charge is 2.33. The van der Waals surface area contributed by atoms with Crippen molar-refractivity contribution in [3.63, 3.8) is 0 Å². The van der Waals surface area contributed by atoms with Crippen LogP contribution in [0.3, 0.4) is 0 Å². The summed E-state index contributed by atoms with van der Waals surface area (Å²) in [7, 11) is 0. The number of carbonyl (C=O) groups excluding carboxylic acids is 1. The van der Waals surface area contributed by atoms with Crippen molar-refractivity contribution >= 4 is 44.1 Å². The standard InChI is InChI=1S/C23H20FN3O3S/c1-23(2,3)21(30)26-7-6-12-8-14(15(24)10-18(12)26)16-11-27-17-5-4-13(20(28)29)9-19(17)31-22(27)25-16/h4-5,8-11H,6-7H2,1-3H3,(H,28,29). The Morgan fingerprint density at radius 1 is 1.19 bits per heavy atom. The Morgan fingerprint density at radius 2 is 1.97 bits per heavy atom. The van der Waals surface area contributed by atoms with Crippen LogP contribution in [0.25, 0.3) is 26.4 Å².